The zero-order valence-electron chi connectivity index (χ0n) is 28.3. The Morgan fingerprint density at radius 3 is 2.02 bits per heavy atom. The van der Waals surface area contributed by atoms with E-state index in [0.29, 0.717) is 11.3 Å². The van der Waals surface area contributed by atoms with Gasteiger partial charge in [-0.15, -0.1) is 11.3 Å². The number of benzene rings is 2. The maximum Gasteiger partial charge on any atom is 0.410 e. The Hall–Kier alpha value is -3.57. The van der Waals surface area contributed by atoms with Crippen molar-refractivity contribution in [3.63, 3.8) is 0 Å². The highest BCUT2D eigenvalue weighted by molar-refractivity contribution is 7.96. The van der Waals surface area contributed by atoms with E-state index in [0.717, 1.165) is 17.3 Å². The number of nitrogens with zero attached hydrogens (tertiary/aromatic N) is 1. The van der Waals surface area contributed by atoms with Crippen LogP contribution in [-0.2, 0) is 43.7 Å². The van der Waals surface area contributed by atoms with Crippen LogP contribution in [0.3, 0.4) is 0 Å². The van der Waals surface area contributed by atoms with Gasteiger partial charge in [0.15, 0.2) is 16.4 Å². The third-order valence-electron chi connectivity index (χ3n) is 8.41. The van der Waals surface area contributed by atoms with E-state index in [9.17, 15) is 31.2 Å². The number of sulfone groups is 1. The van der Waals surface area contributed by atoms with Crippen LogP contribution in [0.25, 0.3) is 0 Å². The normalized spacial score (nSPS) is 17.4. The number of carbonyl (C=O) groups excluding carboxylic acids is 3. The van der Waals surface area contributed by atoms with Crippen LogP contribution in [0.5, 0.6) is 0 Å². The van der Waals surface area contributed by atoms with E-state index in [2.05, 4.69) is 9.12 Å². The highest BCUT2D eigenvalue weighted by Gasteiger charge is 2.52. The van der Waals surface area contributed by atoms with Crippen LogP contribution in [-0.4, -0.2) is 79.6 Å². The number of fused-ring (bicyclic) bond motifs is 1. The average molecular weight is 751 g/mol. The van der Waals surface area contributed by atoms with Crippen molar-refractivity contribution >= 4 is 67.8 Å². The van der Waals surface area contributed by atoms with Crippen molar-refractivity contribution in [2.45, 2.75) is 72.7 Å². The van der Waals surface area contributed by atoms with Crippen LogP contribution in [0.15, 0.2) is 75.1 Å². The molecule has 0 radical (unpaired) electrons. The molecule has 266 valence electrons. The first-order chi connectivity index (χ1) is 23.0. The van der Waals surface area contributed by atoms with Crippen molar-refractivity contribution in [2.75, 3.05) is 26.4 Å². The molecule has 1 aliphatic rings. The molecule has 0 fully saturated rings. The summed E-state index contributed by atoms with van der Waals surface area (Å²) in [5.41, 5.74) is 0.206. The molecule has 1 aromatic heterocycles. The van der Waals surface area contributed by atoms with Gasteiger partial charge in [0.2, 0.25) is 18.3 Å². The van der Waals surface area contributed by atoms with Crippen LogP contribution in [0.1, 0.15) is 59.6 Å². The molecule has 4 rings (SSSR count). The fourth-order valence-electron chi connectivity index (χ4n) is 5.98. The van der Waals surface area contributed by atoms with Gasteiger partial charge in [-0.2, -0.15) is 0 Å². The molecule has 16 heteroatoms. The first-order valence-corrected chi connectivity index (χ1v) is 21.5. The van der Waals surface area contributed by atoms with Crippen LogP contribution in [0.2, 0.25) is 5.04 Å². The number of hydrogen-bond donors (Lipinski definition) is 1. The van der Waals surface area contributed by atoms with E-state index >= 15 is 0 Å². The average Bonchev–Trinajstić information content (AvgIpc) is 3.52. The second-order valence-corrected chi connectivity index (χ2v) is 22.9. The van der Waals surface area contributed by atoms with E-state index in [1.54, 1.807) is 6.92 Å². The van der Waals surface area contributed by atoms with Crippen molar-refractivity contribution in [1.82, 2.24) is 9.29 Å². The highest BCUT2D eigenvalue weighted by Crippen LogP contribution is 2.46. The number of rotatable bonds is 12. The second-order valence-electron chi connectivity index (χ2n) is 12.7. The number of ether oxygens (including phenoxy) is 3. The molecule has 2 aromatic carbocycles. The van der Waals surface area contributed by atoms with Crippen LogP contribution >= 0.6 is 11.3 Å². The smallest absolute Gasteiger partial charge is 0.410 e. The molecule has 1 N–H and O–H groups in total. The lowest BCUT2D eigenvalue weighted by Gasteiger charge is -2.43. The molecule has 0 spiro atoms. The fourth-order valence-corrected chi connectivity index (χ4v) is 18.3. The predicted molar refractivity (Wildman–Crippen MR) is 188 cm³/mol. The van der Waals surface area contributed by atoms with Crippen LogP contribution < -0.4 is 14.8 Å². The molecule has 0 saturated carbocycles. The minimum atomic E-state index is -4.32. The van der Waals surface area contributed by atoms with Crippen LogP contribution in [0, 0.1) is 0 Å². The Morgan fingerprint density at radius 1 is 0.959 bits per heavy atom. The van der Waals surface area contributed by atoms with E-state index in [-0.39, 0.29) is 40.2 Å². The second kappa shape index (κ2) is 15.1. The Bertz CT molecular complexity index is 1840. The summed E-state index contributed by atoms with van der Waals surface area (Å²) < 4.78 is 73.9. The molecule has 1 amide bonds. The predicted octanol–water partition coefficient (Wildman–Crippen LogP) is 3.76. The summed E-state index contributed by atoms with van der Waals surface area (Å²) in [6.07, 6.45) is -0.768. The largest absolute Gasteiger partial charge is 0.460 e. The number of thiophene rings is 1. The highest BCUT2D eigenvalue weighted by atomic mass is 32.3. The lowest BCUT2D eigenvalue weighted by molar-refractivity contribution is -0.158. The van der Waals surface area contributed by atoms with E-state index in [1.807, 2.05) is 81.4 Å². The quantitative estimate of drug-likeness (QED) is 0.125. The molecule has 1 aliphatic heterocycles. The molecule has 12 nitrogen and oxygen atoms in total. The van der Waals surface area contributed by atoms with E-state index in [4.69, 9.17) is 9.47 Å². The van der Waals surface area contributed by atoms with Gasteiger partial charge in [0.1, 0.15) is 21.6 Å². The molecular formula is C33H42N2O10S3Si. The molecule has 0 bridgehead atoms. The summed E-state index contributed by atoms with van der Waals surface area (Å²) in [5, 5.41) is 0.206. The molecule has 0 unspecified atom stereocenters. The van der Waals surface area contributed by atoms with Gasteiger partial charge in [-0.25, -0.2) is 30.8 Å². The van der Waals surface area contributed by atoms with Crippen molar-refractivity contribution in [3.05, 3.63) is 72.3 Å². The number of esters is 2. The van der Waals surface area contributed by atoms with Gasteiger partial charge in [-0.05, 0) is 41.7 Å². The molecular weight excluding hydrogens is 709 g/mol. The number of amides is 1. The molecule has 0 aliphatic carbocycles. The summed E-state index contributed by atoms with van der Waals surface area (Å²) in [6, 6.07) is 19.4. The van der Waals surface area contributed by atoms with E-state index in [1.165, 1.54) is 17.9 Å². The summed E-state index contributed by atoms with van der Waals surface area (Å²) in [7, 11) is -11.6. The zero-order chi connectivity index (χ0) is 36.2. The first-order valence-electron chi connectivity index (χ1n) is 15.7. The van der Waals surface area contributed by atoms with Crippen LogP contribution in [0.4, 0.5) is 4.79 Å². The Balaban J connectivity index is 1.69. The molecule has 3 aromatic rings. The van der Waals surface area contributed by atoms with Crippen molar-refractivity contribution in [3.8, 4) is 0 Å². The minimum absolute atomic E-state index is 0.0218. The lowest BCUT2D eigenvalue weighted by Crippen LogP contribution is -2.74. The first kappa shape index (κ1) is 38.2. The van der Waals surface area contributed by atoms with Gasteiger partial charge in [-0.3, -0.25) is 4.79 Å². The summed E-state index contributed by atoms with van der Waals surface area (Å²) in [4.78, 5) is 37.2. The maximum absolute atomic E-state index is 14.5. The number of carbonyl (C=O) groups is 3. The van der Waals surface area contributed by atoms with Gasteiger partial charge >= 0.3 is 18.0 Å². The van der Waals surface area contributed by atoms with Gasteiger partial charge < -0.3 is 19.1 Å². The van der Waals surface area contributed by atoms with Crippen molar-refractivity contribution in [1.29, 1.82) is 0 Å². The standard InChI is InChI=1S/C33H42N2O10S3Si/c1-7-35(32(38)44-19-18-43-29(37)22-45-24(3)36)28-20-23(2)47(39,40)31-27(28)21-30(46-31)48(41,42)34-49(33(4,5)6,25-14-10-8-11-15-25)26-16-12-9-13-17-26/h8-17,21,23,28,34H,7,18-20,22H2,1-6H3/t23-,28-/m0/s1. The van der Waals surface area contributed by atoms with Gasteiger partial charge in [0.05, 0.1) is 11.3 Å². The van der Waals surface area contributed by atoms with Gasteiger partial charge in [0.25, 0.3) is 0 Å². The molecule has 49 heavy (non-hydrogen) atoms. The summed E-state index contributed by atoms with van der Waals surface area (Å²) in [5.74, 6) is -1.46. The van der Waals surface area contributed by atoms with Gasteiger partial charge in [0, 0.05) is 19.0 Å². The Labute approximate surface area is 292 Å². The van der Waals surface area contributed by atoms with Crippen molar-refractivity contribution in [2.24, 2.45) is 0 Å². The fraction of sp³-hybridized carbons (Fsp3) is 0.424. The zero-order valence-corrected chi connectivity index (χ0v) is 31.7. The Kier molecular flexibility index (Phi) is 11.8. The van der Waals surface area contributed by atoms with Gasteiger partial charge in [-0.1, -0.05) is 81.4 Å². The number of hydrogen-bond acceptors (Lipinski definition) is 11. The monoisotopic (exact) mass is 750 g/mol. The molecule has 2 heterocycles. The van der Waals surface area contributed by atoms with E-state index < -0.39 is 69.1 Å². The third-order valence-corrected chi connectivity index (χ3v) is 20.6. The maximum atomic E-state index is 14.5. The molecule has 0 saturated heterocycles. The summed E-state index contributed by atoms with van der Waals surface area (Å²) >= 11 is 0.681. The summed E-state index contributed by atoms with van der Waals surface area (Å²) in [6.45, 7) is 9.31. The lowest BCUT2D eigenvalue weighted by atomic mass is 10.0. The molecule has 2 atom stereocenters. The SMILES string of the molecule is CCN(C(=O)OCCOC(=O)COC(C)=O)[C@H]1C[C@H](C)S(=O)(=O)c2sc(S(=O)(=O)N[Si](c3ccccc3)(c3ccccc3)C(C)(C)C)cc21. The number of sulfonamides is 1. The van der Waals surface area contributed by atoms with Crippen molar-refractivity contribution < 1.29 is 45.4 Å². The topological polar surface area (TPSA) is 162 Å². The minimum Gasteiger partial charge on any atom is -0.460 e. The third kappa shape index (κ3) is 8.09. The Morgan fingerprint density at radius 2 is 1.51 bits per heavy atom. The number of nitrogens with one attached hydrogen (secondary N) is 1.